The number of pyridine rings is 1. The quantitative estimate of drug-likeness (QED) is 0.482. The molecule has 3 aromatic heterocycles. The Hall–Kier alpha value is -3.11. The molecule has 32 heavy (non-hydrogen) atoms. The largest absolute Gasteiger partial charge is 0.322 e. The smallest absolute Gasteiger partial charge is 0.256 e. The third kappa shape index (κ3) is 3.80. The summed E-state index contributed by atoms with van der Waals surface area (Å²) in [5, 5.41) is 9.80. The van der Waals surface area contributed by atoms with Crippen molar-refractivity contribution >= 4 is 43.8 Å². The van der Waals surface area contributed by atoms with Gasteiger partial charge >= 0.3 is 0 Å². The lowest BCUT2D eigenvalue weighted by Crippen LogP contribution is -2.15. The molecule has 0 saturated carbocycles. The van der Waals surface area contributed by atoms with E-state index in [0.717, 1.165) is 4.88 Å². The summed E-state index contributed by atoms with van der Waals surface area (Å²) in [6.07, 6.45) is 0.453. The summed E-state index contributed by atoms with van der Waals surface area (Å²) in [6, 6.07) is 10.8. The average molecular weight is 471 g/mol. The van der Waals surface area contributed by atoms with Gasteiger partial charge in [0.1, 0.15) is 5.82 Å². The number of thiophene rings is 1. The standard InChI is InChI=1S/C22H19FN4O3S2/c1-13-20-17(22(28)24-15-5-2-4-14(23)10-15)11-18(19-6-3-8-31-19)25-21(20)27(26-13)16-7-9-32(29,30)12-16/h2-6,8,10-11,16H,7,9,12H2,1H3,(H,24,28). The van der Waals surface area contributed by atoms with Crippen molar-refractivity contribution in [3.8, 4) is 10.6 Å². The summed E-state index contributed by atoms with van der Waals surface area (Å²) in [7, 11) is -3.13. The maximum Gasteiger partial charge on any atom is 0.256 e. The van der Waals surface area contributed by atoms with Gasteiger partial charge in [0.15, 0.2) is 15.5 Å². The van der Waals surface area contributed by atoms with Crippen LogP contribution < -0.4 is 5.32 Å². The summed E-state index contributed by atoms with van der Waals surface area (Å²) >= 11 is 1.49. The van der Waals surface area contributed by atoms with Gasteiger partial charge in [-0.3, -0.25) is 4.79 Å². The number of rotatable bonds is 4. The van der Waals surface area contributed by atoms with Crippen molar-refractivity contribution in [1.82, 2.24) is 14.8 Å². The zero-order valence-corrected chi connectivity index (χ0v) is 18.7. The van der Waals surface area contributed by atoms with Crippen molar-refractivity contribution in [2.45, 2.75) is 19.4 Å². The van der Waals surface area contributed by atoms with E-state index < -0.39 is 21.6 Å². The third-order valence-electron chi connectivity index (χ3n) is 5.49. The first kappa shape index (κ1) is 20.8. The molecule has 1 fully saturated rings. The number of aromatic nitrogens is 3. The van der Waals surface area contributed by atoms with Gasteiger partial charge in [-0.1, -0.05) is 12.1 Å². The van der Waals surface area contributed by atoms with E-state index in [9.17, 15) is 17.6 Å². The van der Waals surface area contributed by atoms with E-state index in [1.165, 1.54) is 29.5 Å². The molecule has 0 spiro atoms. The average Bonchev–Trinajstić information content (AvgIpc) is 3.47. The highest BCUT2D eigenvalue weighted by Gasteiger charge is 2.32. The summed E-state index contributed by atoms with van der Waals surface area (Å²) in [5.41, 5.74) is 2.34. The molecule has 1 saturated heterocycles. The van der Waals surface area contributed by atoms with E-state index in [1.807, 2.05) is 17.5 Å². The monoisotopic (exact) mass is 470 g/mol. The van der Waals surface area contributed by atoms with Gasteiger partial charge in [0.05, 0.1) is 44.8 Å². The van der Waals surface area contributed by atoms with Crippen LogP contribution in [0.5, 0.6) is 0 Å². The van der Waals surface area contributed by atoms with Crippen LogP contribution in [0.4, 0.5) is 10.1 Å². The first-order valence-electron chi connectivity index (χ1n) is 10.0. The van der Waals surface area contributed by atoms with Crippen LogP contribution in [0.25, 0.3) is 21.6 Å². The number of amides is 1. The molecular weight excluding hydrogens is 451 g/mol. The number of benzene rings is 1. The van der Waals surface area contributed by atoms with Crippen molar-refractivity contribution in [2.24, 2.45) is 0 Å². The predicted octanol–water partition coefficient (Wildman–Crippen LogP) is 4.22. The van der Waals surface area contributed by atoms with Gasteiger partial charge in [0.2, 0.25) is 0 Å². The number of sulfone groups is 1. The van der Waals surface area contributed by atoms with E-state index in [0.29, 0.717) is 40.1 Å². The van der Waals surface area contributed by atoms with Gasteiger partial charge in [0.25, 0.3) is 5.91 Å². The van der Waals surface area contributed by atoms with Gasteiger partial charge in [-0.2, -0.15) is 5.10 Å². The Bertz CT molecular complexity index is 1450. The summed E-state index contributed by atoms with van der Waals surface area (Å²) in [5.74, 6) is -0.759. The fourth-order valence-corrected chi connectivity index (χ4v) is 6.41. The van der Waals surface area contributed by atoms with E-state index in [-0.39, 0.29) is 17.5 Å². The van der Waals surface area contributed by atoms with Crippen LogP contribution in [-0.2, 0) is 9.84 Å². The van der Waals surface area contributed by atoms with Crippen molar-refractivity contribution in [3.63, 3.8) is 0 Å². The minimum atomic E-state index is -3.13. The van der Waals surface area contributed by atoms with Crippen LogP contribution in [0.3, 0.4) is 0 Å². The molecule has 1 aliphatic rings. The summed E-state index contributed by atoms with van der Waals surface area (Å²) in [6.45, 7) is 1.77. The Morgan fingerprint density at radius 1 is 1.25 bits per heavy atom. The second kappa shape index (κ2) is 7.79. The highest BCUT2D eigenvalue weighted by Crippen LogP contribution is 2.33. The third-order valence-corrected chi connectivity index (χ3v) is 8.13. The Balaban J connectivity index is 1.67. The lowest BCUT2D eigenvalue weighted by Gasteiger charge is -2.12. The Morgan fingerprint density at radius 3 is 2.78 bits per heavy atom. The number of anilines is 1. The minimum Gasteiger partial charge on any atom is -0.322 e. The molecule has 164 valence electrons. The molecular formula is C22H19FN4O3S2. The van der Waals surface area contributed by atoms with E-state index in [2.05, 4.69) is 10.4 Å². The molecule has 7 nitrogen and oxygen atoms in total. The Kier molecular flexibility index (Phi) is 5.06. The van der Waals surface area contributed by atoms with Crippen LogP contribution >= 0.6 is 11.3 Å². The van der Waals surface area contributed by atoms with E-state index in [1.54, 1.807) is 23.7 Å². The molecule has 1 atom stereocenters. The van der Waals surface area contributed by atoms with Crippen LogP contribution in [0.15, 0.2) is 47.8 Å². The Morgan fingerprint density at radius 2 is 2.09 bits per heavy atom. The first-order chi connectivity index (χ1) is 15.3. The number of carbonyl (C=O) groups is 1. The number of nitrogens with one attached hydrogen (secondary N) is 1. The number of aryl methyl sites for hydroxylation is 1. The second-order valence-corrected chi connectivity index (χ2v) is 11.0. The number of fused-ring (bicyclic) bond motifs is 1. The molecule has 1 aromatic carbocycles. The molecule has 1 aliphatic heterocycles. The minimum absolute atomic E-state index is 0.00104. The topological polar surface area (TPSA) is 93.9 Å². The van der Waals surface area contributed by atoms with E-state index >= 15 is 0 Å². The SMILES string of the molecule is Cc1nn(C2CCS(=O)(=O)C2)c2nc(-c3cccs3)cc(C(=O)Nc3cccc(F)c3)c12. The highest BCUT2D eigenvalue weighted by atomic mass is 32.2. The second-order valence-electron chi connectivity index (χ2n) is 7.78. The number of hydrogen-bond donors (Lipinski definition) is 1. The van der Waals surface area contributed by atoms with Crippen LogP contribution in [-0.4, -0.2) is 40.6 Å². The van der Waals surface area contributed by atoms with Crippen molar-refractivity contribution < 1.29 is 17.6 Å². The molecule has 0 aliphatic carbocycles. The van der Waals surface area contributed by atoms with Gasteiger partial charge in [-0.15, -0.1) is 11.3 Å². The fraction of sp³-hybridized carbons (Fsp3) is 0.227. The number of carbonyl (C=O) groups excluding carboxylic acids is 1. The lowest BCUT2D eigenvalue weighted by molar-refractivity contribution is 0.102. The number of hydrogen-bond acceptors (Lipinski definition) is 6. The summed E-state index contributed by atoms with van der Waals surface area (Å²) < 4.78 is 39.4. The van der Waals surface area contributed by atoms with Gasteiger partial charge in [-0.25, -0.2) is 22.5 Å². The highest BCUT2D eigenvalue weighted by molar-refractivity contribution is 7.91. The molecule has 5 rings (SSSR count). The maximum atomic E-state index is 13.6. The lowest BCUT2D eigenvalue weighted by atomic mass is 10.1. The number of nitrogens with zero attached hydrogens (tertiary/aromatic N) is 3. The number of halogens is 1. The molecule has 0 bridgehead atoms. The van der Waals surface area contributed by atoms with Gasteiger partial charge < -0.3 is 5.32 Å². The van der Waals surface area contributed by atoms with Crippen LogP contribution in [0.1, 0.15) is 28.5 Å². The maximum absolute atomic E-state index is 13.6. The Labute approximate surface area is 187 Å². The van der Waals surface area contributed by atoms with Gasteiger partial charge in [0, 0.05) is 5.69 Å². The van der Waals surface area contributed by atoms with Crippen LogP contribution in [0, 0.1) is 12.7 Å². The molecule has 1 unspecified atom stereocenters. The zero-order valence-electron chi connectivity index (χ0n) is 17.1. The predicted molar refractivity (Wildman–Crippen MR) is 122 cm³/mol. The molecule has 1 amide bonds. The van der Waals surface area contributed by atoms with E-state index in [4.69, 9.17) is 4.98 Å². The first-order valence-corrected chi connectivity index (χ1v) is 12.7. The fourth-order valence-electron chi connectivity index (χ4n) is 4.03. The molecule has 10 heteroatoms. The van der Waals surface area contributed by atoms with Crippen molar-refractivity contribution in [3.05, 3.63) is 64.9 Å². The van der Waals surface area contributed by atoms with Gasteiger partial charge in [-0.05, 0) is 49.1 Å². The molecule has 4 heterocycles. The van der Waals surface area contributed by atoms with Crippen LogP contribution in [0.2, 0.25) is 0 Å². The summed E-state index contributed by atoms with van der Waals surface area (Å²) in [4.78, 5) is 18.9. The van der Waals surface area contributed by atoms with Crippen molar-refractivity contribution in [1.29, 1.82) is 0 Å². The molecule has 1 N–H and O–H groups in total. The van der Waals surface area contributed by atoms with Crippen molar-refractivity contribution in [2.75, 3.05) is 16.8 Å². The normalized spacial score (nSPS) is 17.6. The molecule has 0 radical (unpaired) electrons. The molecule has 4 aromatic rings. The zero-order chi connectivity index (χ0) is 22.5.